The van der Waals surface area contributed by atoms with Crippen LogP contribution in [0, 0.1) is 0 Å². The van der Waals surface area contributed by atoms with E-state index in [9.17, 15) is 9.90 Å². The van der Waals surface area contributed by atoms with Gasteiger partial charge in [0.2, 0.25) is 5.91 Å². The van der Waals surface area contributed by atoms with Crippen LogP contribution >= 0.6 is 0 Å². The van der Waals surface area contributed by atoms with E-state index in [-0.39, 0.29) is 12.5 Å². The van der Waals surface area contributed by atoms with E-state index in [4.69, 9.17) is 4.74 Å². The first kappa shape index (κ1) is 14.5. The predicted octanol–water partition coefficient (Wildman–Crippen LogP) is 1.99. The highest BCUT2D eigenvalue weighted by molar-refractivity contribution is 5.72. The van der Waals surface area contributed by atoms with Gasteiger partial charge in [0, 0.05) is 13.5 Å². The normalized spacial score (nSPS) is 12.3. The van der Waals surface area contributed by atoms with E-state index < -0.39 is 6.10 Å². The fraction of sp³-hybridized carbons (Fsp3) is 0.500. The molecule has 1 aromatic rings. The van der Waals surface area contributed by atoms with Crippen molar-refractivity contribution in [2.45, 2.75) is 32.8 Å². The monoisotopic (exact) mass is 251 g/mol. The lowest BCUT2D eigenvalue weighted by Crippen LogP contribution is -2.25. The maximum atomic E-state index is 10.8. The average molecular weight is 251 g/mol. The lowest BCUT2D eigenvalue weighted by atomic mass is 9.97. The first-order chi connectivity index (χ1) is 8.45. The van der Waals surface area contributed by atoms with E-state index in [1.54, 1.807) is 7.11 Å². The zero-order valence-electron chi connectivity index (χ0n) is 11.4. The summed E-state index contributed by atoms with van der Waals surface area (Å²) in [5.41, 5.74) is 1.84. The van der Waals surface area contributed by atoms with Crippen LogP contribution in [0.1, 0.15) is 43.9 Å². The number of benzene rings is 1. The highest BCUT2D eigenvalue weighted by atomic mass is 16.5. The fourth-order valence-corrected chi connectivity index (χ4v) is 1.77. The fourth-order valence-electron chi connectivity index (χ4n) is 1.77. The van der Waals surface area contributed by atoms with Gasteiger partial charge in [0.05, 0.1) is 13.2 Å². The molecule has 0 aliphatic rings. The van der Waals surface area contributed by atoms with E-state index in [1.807, 2.05) is 18.2 Å². The largest absolute Gasteiger partial charge is 0.496 e. The number of nitrogens with one attached hydrogen (secondary N) is 1. The lowest BCUT2D eigenvalue weighted by Gasteiger charge is -2.16. The van der Waals surface area contributed by atoms with Crippen LogP contribution in [0.4, 0.5) is 0 Å². The summed E-state index contributed by atoms with van der Waals surface area (Å²) >= 11 is 0. The van der Waals surface area contributed by atoms with Gasteiger partial charge in [-0.15, -0.1) is 0 Å². The van der Waals surface area contributed by atoms with Crippen molar-refractivity contribution in [2.75, 3.05) is 13.7 Å². The number of carbonyl (C=O) groups excluding carboxylic acids is 1. The van der Waals surface area contributed by atoms with Crippen LogP contribution in [0.5, 0.6) is 5.75 Å². The van der Waals surface area contributed by atoms with Crippen molar-refractivity contribution in [2.24, 2.45) is 0 Å². The summed E-state index contributed by atoms with van der Waals surface area (Å²) in [6.07, 6.45) is -0.697. The molecule has 0 aromatic heterocycles. The van der Waals surface area contributed by atoms with Gasteiger partial charge in [-0.1, -0.05) is 19.9 Å². The SMILES string of the molecule is COc1ccc(C(O)CNC(C)=O)cc1C(C)C. The first-order valence-electron chi connectivity index (χ1n) is 6.06. The van der Waals surface area contributed by atoms with Gasteiger partial charge in [-0.25, -0.2) is 0 Å². The highest BCUT2D eigenvalue weighted by Gasteiger charge is 2.13. The van der Waals surface area contributed by atoms with Crippen molar-refractivity contribution < 1.29 is 14.6 Å². The number of ether oxygens (including phenoxy) is 1. The molecule has 1 rings (SSSR count). The minimum absolute atomic E-state index is 0.147. The summed E-state index contributed by atoms with van der Waals surface area (Å²) in [6, 6.07) is 5.59. The molecule has 0 aliphatic heterocycles. The molecule has 0 saturated carbocycles. The van der Waals surface area contributed by atoms with E-state index in [0.29, 0.717) is 5.92 Å². The summed E-state index contributed by atoms with van der Waals surface area (Å²) in [5, 5.41) is 12.6. The summed E-state index contributed by atoms with van der Waals surface area (Å²) in [7, 11) is 1.63. The van der Waals surface area contributed by atoms with Gasteiger partial charge in [-0.2, -0.15) is 0 Å². The Morgan fingerprint density at radius 1 is 1.44 bits per heavy atom. The van der Waals surface area contributed by atoms with Crippen LogP contribution in [-0.4, -0.2) is 24.7 Å². The number of carbonyl (C=O) groups is 1. The van der Waals surface area contributed by atoms with Crippen LogP contribution in [-0.2, 0) is 4.79 Å². The van der Waals surface area contributed by atoms with Crippen molar-refractivity contribution in [1.82, 2.24) is 5.32 Å². The molecule has 0 fully saturated rings. The van der Waals surface area contributed by atoms with E-state index in [2.05, 4.69) is 19.2 Å². The highest BCUT2D eigenvalue weighted by Crippen LogP contribution is 2.29. The molecule has 100 valence electrons. The number of amides is 1. The number of methoxy groups -OCH3 is 1. The molecule has 4 heteroatoms. The molecule has 0 heterocycles. The maximum Gasteiger partial charge on any atom is 0.216 e. The number of rotatable bonds is 5. The van der Waals surface area contributed by atoms with Crippen molar-refractivity contribution >= 4 is 5.91 Å². The maximum absolute atomic E-state index is 10.8. The molecular weight excluding hydrogens is 230 g/mol. The van der Waals surface area contributed by atoms with Crippen molar-refractivity contribution in [3.05, 3.63) is 29.3 Å². The molecule has 1 atom stereocenters. The van der Waals surface area contributed by atoms with Crippen LogP contribution in [0.3, 0.4) is 0 Å². The van der Waals surface area contributed by atoms with Gasteiger partial charge in [0.1, 0.15) is 5.75 Å². The number of hydrogen-bond donors (Lipinski definition) is 2. The van der Waals surface area contributed by atoms with Gasteiger partial charge >= 0.3 is 0 Å². The van der Waals surface area contributed by atoms with Crippen molar-refractivity contribution in [1.29, 1.82) is 0 Å². The molecule has 0 aliphatic carbocycles. The Kier molecular flexibility index (Phi) is 5.16. The first-order valence-corrected chi connectivity index (χ1v) is 6.06. The smallest absolute Gasteiger partial charge is 0.216 e. The second-order valence-electron chi connectivity index (χ2n) is 4.61. The third-order valence-electron chi connectivity index (χ3n) is 2.80. The lowest BCUT2D eigenvalue weighted by molar-refractivity contribution is -0.119. The molecule has 1 unspecified atom stereocenters. The minimum atomic E-state index is -0.697. The Hall–Kier alpha value is -1.55. The second kappa shape index (κ2) is 6.40. The van der Waals surface area contributed by atoms with Crippen LogP contribution in [0.25, 0.3) is 0 Å². The predicted molar refractivity (Wildman–Crippen MR) is 70.7 cm³/mol. The van der Waals surface area contributed by atoms with E-state index in [1.165, 1.54) is 6.92 Å². The Bertz CT molecular complexity index is 416. The summed E-state index contributed by atoms with van der Waals surface area (Å²) in [6.45, 7) is 5.79. The number of aliphatic hydroxyl groups is 1. The minimum Gasteiger partial charge on any atom is -0.496 e. The summed E-state index contributed by atoms with van der Waals surface area (Å²) in [5.74, 6) is 0.986. The van der Waals surface area contributed by atoms with Crippen LogP contribution in [0.15, 0.2) is 18.2 Å². The molecule has 0 radical (unpaired) electrons. The topological polar surface area (TPSA) is 58.6 Å². The zero-order valence-corrected chi connectivity index (χ0v) is 11.4. The Labute approximate surface area is 108 Å². The van der Waals surface area contributed by atoms with Gasteiger partial charge in [-0.3, -0.25) is 4.79 Å². The second-order valence-corrected chi connectivity index (χ2v) is 4.61. The molecule has 2 N–H and O–H groups in total. The van der Waals surface area contributed by atoms with Gasteiger partial charge in [0.15, 0.2) is 0 Å². The molecule has 1 aromatic carbocycles. The van der Waals surface area contributed by atoms with Crippen molar-refractivity contribution in [3.63, 3.8) is 0 Å². The standard InChI is InChI=1S/C14H21NO3/c1-9(2)12-7-11(5-6-14(12)18-4)13(17)8-15-10(3)16/h5-7,9,13,17H,8H2,1-4H3,(H,15,16). The Morgan fingerprint density at radius 2 is 2.11 bits per heavy atom. The molecule has 0 spiro atoms. The Balaban J connectivity index is 2.90. The van der Waals surface area contributed by atoms with Crippen molar-refractivity contribution in [3.8, 4) is 5.75 Å². The molecule has 0 bridgehead atoms. The van der Waals surface area contributed by atoms with Crippen LogP contribution in [0.2, 0.25) is 0 Å². The molecule has 4 nitrogen and oxygen atoms in total. The zero-order chi connectivity index (χ0) is 13.7. The molecule has 0 saturated heterocycles. The third-order valence-corrected chi connectivity index (χ3v) is 2.80. The third kappa shape index (κ3) is 3.74. The average Bonchev–Trinajstić information content (AvgIpc) is 2.34. The number of hydrogen-bond acceptors (Lipinski definition) is 3. The quantitative estimate of drug-likeness (QED) is 0.841. The summed E-state index contributed by atoms with van der Waals surface area (Å²) in [4.78, 5) is 10.8. The molecular formula is C14H21NO3. The van der Waals surface area contributed by atoms with Gasteiger partial charge in [-0.05, 0) is 29.2 Å². The van der Waals surface area contributed by atoms with E-state index >= 15 is 0 Å². The van der Waals surface area contributed by atoms with Crippen LogP contribution < -0.4 is 10.1 Å². The molecule has 1 amide bonds. The summed E-state index contributed by atoms with van der Waals surface area (Å²) < 4.78 is 5.29. The Morgan fingerprint density at radius 3 is 2.61 bits per heavy atom. The molecule has 18 heavy (non-hydrogen) atoms. The van der Waals surface area contributed by atoms with E-state index in [0.717, 1.165) is 16.9 Å². The van der Waals surface area contributed by atoms with Gasteiger partial charge in [0.25, 0.3) is 0 Å². The number of aliphatic hydroxyl groups excluding tert-OH is 1. The van der Waals surface area contributed by atoms with Gasteiger partial charge < -0.3 is 15.2 Å².